The van der Waals surface area contributed by atoms with Crippen LogP contribution in [0.15, 0.2) is 54.6 Å². The van der Waals surface area contributed by atoms with Crippen molar-refractivity contribution < 1.29 is 66.2 Å². The van der Waals surface area contributed by atoms with Gasteiger partial charge in [-0.3, -0.25) is 39.0 Å². The maximum atomic E-state index is 11.9. The zero-order valence-corrected chi connectivity index (χ0v) is 30.2. The van der Waals surface area contributed by atoms with E-state index in [4.69, 9.17) is 20.4 Å². The van der Waals surface area contributed by atoms with Gasteiger partial charge in [0.15, 0.2) is 0 Å². The third-order valence-electron chi connectivity index (χ3n) is 9.08. The number of rotatable bonds is 8. The van der Waals surface area contributed by atoms with Gasteiger partial charge >= 0.3 is 11.9 Å². The van der Waals surface area contributed by atoms with Gasteiger partial charge in [0.2, 0.25) is 0 Å². The molecule has 283 valence electrons. The van der Waals surface area contributed by atoms with Crippen LogP contribution in [0.25, 0.3) is 22.5 Å². The fourth-order valence-corrected chi connectivity index (χ4v) is 6.54. The van der Waals surface area contributed by atoms with Gasteiger partial charge in [-0.2, -0.15) is 0 Å². The van der Waals surface area contributed by atoms with Crippen molar-refractivity contribution in [3.63, 3.8) is 0 Å². The number of hydrogen-bond donors (Lipinski definition) is 3. The number of carbonyl (C=O) groups excluding carboxylic acids is 1. The van der Waals surface area contributed by atoms with Crippen molar-refractivity contribution in [1.29, 1.82) is 0 Å². The van der Waals surface area contributed by atoms with E-state index >= 15 is 0 Å². The van der Waals surface area contributed by atoms with E-state index in [0.717, 1.165) is 28.2 Å². The van der Waals surface area contributed by atoms with Gasteiger partial charge in [-0.1, -0.05) is 23.4 Å². The molecule has 52 heavy (non-hydrogen) atoms. The van der Waals surface area contributed by atoms with E-state index in [9.17, 15) is 24.6 Å². The number of fused-ring (bicyclic) bond motifs is 8. The quantitative estimate of drug-likeness (QED) is 0.211. The van der Waals surface area contributed by atoms with Crippen molar-refractivity contribution in [2.75, 3.05) is 65.4 Å². The summed E-state index contributed by atoms with van der Waals surface area (Å²) in [5, 5.41) is 28.4. The summed E-state index contributed by atoms with van der Waals surface area (Å²) < 4.78 is 6.79. The van der Waals surface area contributed by atoms with Crippen molar-refractivity contribution in [2.45, 2.75) is 26.2 Å². The largest absolute Gasteiger partial charge is 0.480 e. The number of nitrogens with two attached hydrogens (primary N) is 1. The van der Waals surface area contributed by atoms with Crippen LogP contribution in [0.3, 0.4) is 0 Å². The molecular formula is C35H42LuN10O6. The number of benzene rings is 1. The number of hydrogen-bond acceptors (Lipinski definition) is 13. The number of carbonyl (C=O) groups is 3. The molecule has 4 aromatic rings. The van der Waals surface area contributed by atoms with Crippen molar-refractivity contribution in [3.8, 4) is 28.3 Å². The van der Waals surface area contributed by atoms with Crippen LogP contribution in [-0.4, -0.2) is 139 Å². The first-order valence-electron chi connectivity index (χ1n) is 16.9. The monoisotopic (exact) mass is 873 g/mol. The van der Waals surface area contributed by atoms with E-state index in [1.165, 1.54) is 0 Å². The Morgan fingerprint density at radius 2 is 1.33 bits per heavy atom. The van der Waals surface area contributed by atoms with Crippen molar-refractivity contribution in [2.24, 2.45) is 5.73 Å². The molecule has 6 bridgehead atoms. The molecule has 1 aromatic carbocycles. The van der Waals surface area contributed by atoms with Gasteiger partial charge in [0.05, 0.1) is 42.4 Å². The maximum Gasteiger partial charge on any atom is 0.317 e. The summed E-state index contributed by atoms with van der Waals surface area (Å²) in [5.74, 6) is -1.37. The number of carboxylic acids is 2. The summed E-state index contributed by atoms with van der Waals surface area (Å²) in [6.45, 7) is 5.80. The van der Waals surface area contributed by atoms with Gasteiger partial charge in [-0.05, 0) is 47.5 Å². The Hall–Kier alpha value is -3.90. The molecule has 1 saturated heterocycles. The number of pyridine rings is 2. The molecule has 0 amide bonds. The van der Waals surface area contributed by atoms with Crippen molar-refractivity contribution in [1.82, 2.24) is 44.6 Å². The predicted octanol–water partition coefficient (Wildman–Crippen LogP) is 0.849. The Morgan fingerprint density at radius 3 is 1.88 bits per heavy atom. The van der Waals surface area contributed by atoms with Gasteiger partial charge < -0.3 is 20.7 Å². The van der Waals surface area contributed by atoms with Gasteiger partial charge in [0, 0.05) is 109 Å². The first kappa shape index (κ1) is 39.3. The molecule has 4 N–H and O–H groups in total. The van der Waals surface area contributed by atoms with E-state index in [1.54, 1.807) is 16.8 Å². The van der Waals surface area contributed by atoms with E-state index < -0.39 is 11.9 Å². The molecule has 17 heteroatoms. The molecule has 3 aromatic heterocycles. The average Bonchev–Trinajstić information content (AvgIpc) is 3.51. The smallest absolute Gasteiger partial charge is 0.317 e. The normalized spacial score (nSPS) is 18.7. The van der Waals surface area contributed by atoms with E-state index in [1.807, 2.05) is 52.3 Å². The number of aromatic nitrogens is 5. The summed E-state index contributed by atoms with van der Waals surface area (Å²) >= 11 is 0. The first-order chi connectivity index (χ1) is 24.8. The van der Waals surface area contributed by atoms with Gasteiger partial charge in [0.1, 0.15) is 17.1 Å². The summed E-state index contributed by atoms with van der Waals surface area (Å²) in [5.41, 5.74) is 12.1. The minimum Gasteiger partial charge on any atom is -0.480 e. The summed E-state index contributed by atoms with van der Waals surface area (Å²) in [6, 6.07) is 17.0. The molecule has 1 fully saturated rings. The molecule has 0 spiro atoms. The molecule has 0 unspecified atom stereocenters. The van der Waals surface area contributed by atoms with Crippen molar-refractivity contribution >= 4 is 18.4 Å². The zero-order chi connectivity index (χ0) is 35.7. The molecule has 0 aliphatic carbocycles. The van der Waals surface area contributed by atoms with Crippen molar-refractivity contribution in [3.05, 3.63) is 77.4 Å². The Labute approximate surface area is 330 Å². The second kappa shape index (κ2) is 18.7. The van der Waals surface area contributed by atoms with Crippen LogP contribution >= 0.6 is 0 Å². The molecule has 0 atom stereocenters. The molecular weight excluding hydrogens is 831 g/mol. The second-order valence-electron chi connectivity index (χ2n) is 12.7. The Bertz CT molecular complexity index is 1810. The molecule has 0 saturated carbocycles. The molecule has 7 rings (SSSR count). The fourth-order valence-electron chi connectivity index (χ4n) is 6.54. The van der Waals surface area contributed by atoms with Gasteiger partial charge in [-0.15, -0.1) is 5.10 Å². The predicted molar refractivity (Wildman–Crippen MR) is 185 cm³/mol. The molecule has 1 radical (unpaired) electrons. The van der Waals surface area contributed by atoms with E-state index in [-0.39, 0.29) is 63.1 Å². The standard InChI is InChI=1S/C35H42N10O6.Lu/c36-18-32-35-31-3-1-2-27(38-31)19-41-8-12-43(22-33(47)48)14-10-42(11-15-44(13-9-41)23-34(49)50)20-28-16-26(17-29(37-28)21-45(35)40-39-32)25-4-6-30(7-5-25)51-24-46;/h1-7,16-17,24H,8-15,18-23,36H2,(H,47,48)(H,49,50);. The third-order valence-corrected chi connectivity index (χ3v) is 9.08. The molecule has 16 nitrogen and oxygen atoms in total. The number of carboxylic acid groups (broad SMARTS) is 2. The van der Waals surface area contributed by atoms with Crippen LogP contribution in [0, 0.1) is 36.9 Å². The Kier molecular flexibility index (Phi) is 14.2. The summed E-state index contributed by atoms with van der Waals surface area (Å²) in [7, 11) is 0. The number of ether oxygens (including phenoxy) is 1. The minimum absolute atomic E-state index is 0. The van der Waals surface area contributed by atoms with Crippen LogP contribution in [-0.2, 0) is 40.6 Å². The van der Waals surface area contributed by atoms with Crippen LogP contribution in [0.4, 0.5) is 0 Å². The maximum absolute atomic E-state index is 11.9. The molecule has 3 aliphatic heterocycles. The van der Waals surface area contributed by atoms with E-state index in [0.29, 0.717) is 94.8 Å². The minimum atomic E-state index is -0.895. The summed E-state index contributed by atoms with van der Waals surface area (Å²) in [6.07, 6.45) is 0. The fraction of sp³-hybridized carbons (Fsp3) is 0.400. The van der Waals surface area contributed by atoms with Crippen LogP contribution < -0.4 is 10.5 Å². The van der Waals surface area contributed by atoms with Gasteiger partial charge in [-0.25, -0.2) is 9.67 Å². The van der Waals surface area contributed by atoms with Crippen LogP contribution in [0.2, 0.25) is 0 Å². The topological polar surface area (TPSA) is 196 Å². The second-order valence-corrected chi connectivity index (χ2v) is 12.7. The average molecular weight is 874 g/mol. The third kappa shape index (κ3) is 10.6. The SMILES string of the molecule is NCc1nnn2c1-c1cccc(n1)CN1CCN(CC(=O)O)CCN(CCN(CC(=O)O)CC1)Cc1cc(-c3ccc(OC=O)cc3)cc(n1)C2.[Lu]. The zero-order valence-electron chi connectivity index (χ0n) is 28.6. The molecule has 3 aliphatic rings. The van der Waals surface area contributed by atoms with Crippen LogP contribution in [0.1, 0.15) is 22.8 Å². The Morgan fingerprint density at radius 1 is 0.750 bits per heavy atom. The number of aliphatic carboxylic acids is 2. The van der Waals surface area contributed by atoms with Gasteiger partial charge in [0.25, 0.3) is 6.47 Å². The first-order valence-corrected chi connectivity index (χ1v) is 16.9. The Balaban J connectivity index is 0.00000523. The van der Waals surface area contributed by atoms with Crippen LogP contribution in [0.5, 0.6) is 5.75 Å². The summed E-state index contributed by atoms with van der Waals surface area (Å²) in [4.78, 5) is 53.1. The molecule has 6 heterocycles. The number of nitrogens with zero attached hydrogens (tertiary/aromatic N) is 9. The van der Waals surface area contributed by atoms with E-state index in [2.05, 4.69) is 20.1 Å².